The second kappa shape index (κ2) is 5.91. The van der Waals surface area contributed by atoms with E-state index in [4.69, 9.17) is 0 Å². The van der Waals surface area contributed by atoms with E-state index in [2.05, 4.69) is 23.7 Å². The van der Waals surface area contributed by atoms with Crippen molar-refractivity contribution in [2.45, 2.75) is 26.7 Å². The van der Waals surface area contributed by atoms with Crippen molar-refractivity contribution >= 4 is 5.97 Å². The predicted octanol–water partition coefficient (Wildman–Crippen LogP) is 2.45. The highest BCUT2D eigenvalue weighted by Crippen LogP contribution is 2.17. The lowest BCUT2D eigenvalue weighted by atomic mass is 10.0. The topological polar surface area (TPSA) is 61.2 Å². The van der Waals surface area contributed by atoms with E-state index in [0.717, 1.165) is 11.3 Å². The number of methoxy groups -OCH3 is 1. The number of carbonyl (C=O) groups is 1. The average Bonchev–Trinajstić information content (AvgIpc) is 2.49. The fraction of sp³-hybridized carbons (Fsp3) is 0.312. The summed E-state index contributed by atoms with van der Waals surface area (Å²) in [7, 11) is 1.23. The summed E-state index contributed by atoms with van der Waals surface area (Å²) in [5.74, 6) is -0.344. The van der Waals surface area contributed by atoms with Crippen LogP contribution in [-0.4, -0.2) is 22.9 Å². The maximum Gasteiger partial charge on any atom is 0.362 e. The SMILES string of the molecule is COC(=O)c1nn(-c2cccc(C(C)C)c2)cc(C)c1=O. The van der Waals surface area contributed by atoms with Crippen LogP contribution in [0.3, 0.4) is 0 Å². The van der Waals surface area contributed by atoms with Crippen LogP contribution in [0.4, 0.5) is 0 Å². The molecule has 2 rings (SSSR count). The lowest BCUT2D eigenvalue weighted by molar-refractivity contribution is 0.0590. The molecule has 21 heavy (non-hydrogen) atoms. The second-order valence-corrected chi connectivity index (χ2v) is 5.18. The molecule has 5 heteroatoms. The van der Waals surface area contributed by atoms with Crippen molar-refractivity contribution in [3.63, 3.8) is 0 Å². The summed E-state index contributed by atoms with van der Waals surface area (Å²) in [4.78, 5) is 23.6. The molecule has 0 aliphatic rings. The van der Waals surface area contributed by atoms with E-state index in [0.29, 0.717) is 11.5 Å². The van der Waals surface area contributed by atoms with Gasteiger partial charge in [0.15, 0.2) is 0 Å². The zero-order valence-corrected chi connectivity index (χ0v) is 12.6. The Morgan fingerprint density at radius 1 is 1.33 bits per heavy atom. The standard InChI is InChI=1S/C16H18N2O3/c1-10(2)12-6-5-7-13(8-12)18-9-11(3)15(19)14(17-18)16(20)21-4/h5-10H,1-4H3. The van der Waals surface area contributed by atoms with E-state index in [1.54, 1.807) is 13.1 Å². The number of esters is 1. The summed E-state index contributed by atoms with van der Waals surface area (Å²) < 4.78 is 6.15. The first-order chi connectivity index (χ1) is 9.93. The number of aryl methyl sites for hydroxylation is 1. The summed E-state index contributed by atoms with van der Waals surface area (Å²) in [5.41, 5.74) is 1.80. The first-order valence-electron chi connectivity index (χ1n) is 6.73. The number of ether oxygens (including phenoxy) is 1. The van der Waals surface area contributed by atoms with Crippen LogP contribution in [0.25, 0.3) is 5.69 Å². The van der Waals surface area contributed by atoms with E-state index >= 15 is 0 Å². The summed E-state index contributed by atoms with van der Waals surface area (Å²) in [6, 6.07) is 7.83. The van der Waals surface area contributed by atoms with Crippen LogP contribution >= 0.6 is 0 Å². The van der Waals surface area contributed by atoms with Gasteiger partial charge in [0, 0.05) is 11.8 Å². The molecular weight excluding hydrogens is 268 g/mol. The highest BCUT2D eigenvalue weighted by molar-refractivity contribution is 5.87. The minimum atomic E-state index is -0.725. The Hall–Kier alpha value is -2.43. The van der Waals surface area contributed by atoms with Gasteiger partial charge >= 0.3 is 5.97 Å². The zero-order chi connectivity index (χ0) is 15.6. The molecule has 0 saturated carbocycles. The lowest BCUT2D eigenvalue weighted by Crippen LogP contribution is -2.24. The molecule has 1 aromatic heterocycles. The van der Waals surface area contributed by atoms with Crippen molar-refractivity contribution in [3.8, 4) is 5.69 Å². The molecule has 0 radical (unpaired) electrons. The van der Waals surface area contributed by atoms with Crippen molar-refractivity contribution in [2.75, 3.05) is 7.11 Å². The Bertz CT molecular complexity index is 733. The monoisotopic (exact) mass is 286 g/mol. The third-order valence-electron chi connectivity index (χ3n) is 3.28. The maximum absolute atomic E-state index is 12.0. The summed E-state index contributed by atoms with van der Waals surface area (Å²) >= 11 is 0. The summed E-state index contributed by atoms with van der Waals surface area (Å²) in [5, 5.41) is 4.10. The number of aromatic nitrogens is 2. The van der Waals surface area contributed by atoms with Crippen molar-refractivity contribution < 1.29 is 9.53 Å². The Morgan fingerprint density at radius 2 is 2.05 bits per heavy atom. The number of benzene rings is 1. The molecular formula is C16H18N2O3. The highest BCUT2D eigenvalue weighted by Gasteiger charge is 2.16. The van der Waals surface area contributed by atoms with Gasteiger partial charge in [-0.2, -0.15) is 5.10 Å². The summed E-state index contributed by atoms with van der Waals surface area (Å²) in [6.45, 7) is 5.85. The van der Waals surface area contributed by atoms with Crippen molar-refractivity contribution in [3.05, 3.63) is 57.5 Å². The van der Waals surface area contributed by atoms with Crippen LogP contribution in [0.15, 0.2) is 35.3 Å². The van der Waals surface area contributed by atoms with Crippen LogP contribution in [0.2, 0.25) is 0 Å². The molecule has 1 heterocycles. The molecule has 110 valence electrons. The molecule has 1 aromatic carbocycles. The Labute approximate surface area is 123 Å². The number of hydrogen-bond donors (Lipinski definition) is 0. The molecule has 0 saturated heterocycles. The smallest absolute Gasteiger partial charge is 0.362 e. The van der Waals surface area contributed by atoms with Gasteiger partial charge in [0.2, 0.25) is 11.1 Å². The van der Waals surface area contributed by atoms with Crippen LogP contribution < -0.4 is 5.43 Å². The van der Waals surface area contributed by atoms with Gasteiger partial charge in [0.25, 0.3) is 0 Å². The maximum atomic E-state index is 12.0. The zero-order valence-electron chi connectivity index (χ0n) is 12.6. The largest absolute Gasteiger partial charge is 0.464 e. The minimum absolute atomic E-state index is 0.201. The molecule has 0 amide bonds. The predicted molar refractivity (Wildman–Crippen MR) is 80.0 cm³/mol. The van der Waals surface area contributed by atoms with Crippen LogP contribution in [0.1, 0.15) is 41.4 Å². The number of carbonyl (C=O) groups excluding carboxylic acids is 1. The molecule has 0 fully saturated rings. The van der Waals surface area contributed by atoms with E-state index < -0.39 is 11.4 Å². The van der Waals surface area contributed by atoms with Gasteiger partial charge in [-0.3, -0.25) is 4.79 Å². The lowest BCUT2D eigenvalue weighted by Gasteiger charge is -2.11. The van der Waals surface area contributed by atoms with E-state index in [9.17, 15) is 9.59 Å². The molecule has 0 bridgehead atoms. The number of nitrogens with zero attached hydrogens (tertiary/aromatic N) is 2. The van der Waals surface area contributed by atoms with Gasteiger partial charge < -0.3 is 4.74 Å². The third-order valence-corrected chi connectivity index (χ3v) is 3.28. The highest BCUT2D eigenvalue weighted by atomic mass is 16.5. The van der Waals surface area contributed by atoms with Crippen LogP contribution in [0, 0.1) is 6.92 Å². The van der Waals surface area contributed by atoms with E-state index in [-0.39, 0.29) is 5.69 Å². The minimum Gasteiger partial charge on any atom is -0.464 e. The average molecular weight is 286 g/mol. The fourth-order valence-corrected chi connectivity index (χ4v) is 2.00. The van der Waals surface area contributed by atoms with Gasteiger partial charge in [0.05, 0.1) is 12.8 Å². The molecule has 5 nitrogen and oxygen atoms in total. The first kappa shape index (κ1) is 15.0. The summed E-state index contributed by atoms with van der Waals surface area (Å²) in [6.07, 6.45) is 1.62. The van der Waals surface area contributed by atoms with Gasteiger partial charge in [-0.1, -0.05) is 26.0 Å². The Morgan fingerprint density at radius 3 is 2.67 bits per heavy atom. The molecule has 2 aromatic rings. The molecule has 0 aliphatic heterocycles. The van der Waals surface area contributed by atoms with Crippen molar-refractivity contribution in [1.29, 1.82) is 0 Å². The Balaban J connectivity index is 2.59. The Kier molecular flexibility index (Phi) is 4.21. The third kappa shape index (κ3) is 3.02. The van der Waals surface area contributed by atoms with Crippen molar-refractivity contribution in [1.82, 2.24) is 9.78 Å². The van der Waals surface area contributed by atoms with Crippen molar-refractivity contribution in [2.24, 2.45) is 0 Å². The van der Waals surface area contributed by atoms with Crippen LogP contribution in [0.5, 0.6) is 0 Å². The van der Waals surface area contributed by atoms with Gasteiger partial charge in [-0.05, 0) is 30.5 Å². The van der Waals surface area contributed by atoms with E-state index in [1.165, 1.54) is 11.8 Å². The van der Waals surface area contributed by atoms with E-state index in [1.807, 2.05) is 24.3 Å². The normalized spacial score (nSPS) is 10.7. The van der Waals surface area contributed by atoms with Gasteiger partial charge in [-0.25, -0.2) is 9.48 Å². The second-order valence-electron chi connectivity index (χ2n) is 5.18. The van der Waals surface area contributed by atoms with Crippen LogP contribution in [-0.2, 0) is 4.74 Å². The molecule has 0 aliphatic carbocycles. The molecule has 0 N–H and O–H groups in total. The molecule has 0 unspecified atom stereocenters. The fourth-order valence-electron chi connectivity index (χ4n) is 2.00. The molecule has 0 spiro atoms. The number of rotatable bonds is 3. The molecule has 0 atom stereocenters. The first-order valence-corrected chi connectivity index (χ1v) is 6.73. The van der Waals surface area contributed by atoms with Gasteiger partial charge in [-0.15, -0.1) is 0 Å². The number of hydrogen-bond acceptors (Lipinski definition) is 4. The quantitative estimate of drug-likeness (QED) is 0.813. The van der Waals surface area contributed by atoms with Gasteiger partial charge in [0.1, 0.15) is 0 Å².